The van der Waals surface area contributed by atoms with Crippen molar-refractivity contribution in [2.45, 2.75) is 12.8 Å². The second-order valence-corrected chi connectivity index (χ2v) is 6.05. The van der Waals surface area contributed by atoms with Crippen molar-refractivity contribution in [3.63, 3.8) is 0 Å². The zero-order valence-corrected chi connectivity index (χ0v) is 13.0. The minimum atomic E-state index is -0.262. The Kier molecular flexibility index (Phi) is 4.91. The first-order valence-electron chi connectivity index (χ1n) is 8.02. The summed E-state index contributed by atoms with van der Waals surface area (Å²) in [6.45, 7) is 3.41. The zero-order valence-electron chi connectivity index (χ0n) is 13.0. The van der Waals surface area contributed by atoms with Gasteiger partial charge in [-0.05, 0) is 24.1 Å². The molecule has 2 aliphatic heterocycles. The Bertz CT molecular complexity index is 570. The van der Waals surface area contributed by atoms with Crippen LogP contribution in [0.5, 0.6) is 0 Å². The first kappa shape index (κ1) is 15.9. The molecule has 23 heavy (non-hydrogen) atoms. The van der Waals surface area contributed by atoms with E-state index in [2.05, 4.69) is 0 Å². The molecule has 0 bridgehead atoms. The smallest absolute Gasteiger partial charge is 0.228 e. The molecule has 0 radical (unpaired) electrons. The van der Waals surface area contributed by atoms with Gasteiger partial charge in [0, 0.05) is 32.6 Å². The average Bonchev–Trinajstić information content (AvgIpc) is 2.95. The predicted molar refractivity (Wildman–Crippen MR) is 82.2 cm³/mol. The summed E-state index contributed by atoms with van der Waals surface area (Å²) in [6, 6.07) is 6.30. The molecule has 0 saturated carbocycles. The monoisotopic (exact) mass is 320 g/mol. The Balaban J connectivity index is 1.52. The number of halogens is 1. The van der Waals surface area contributed by atoms with Gasteiger partial charge in [0.1, 0.15) is 5.82 Å². The van der Waals surface area contributed by atoms with E-state index in [1.54, 1.807) is 21.9 Å². The molecule has 3 rings (SSSR count). The lowest BCUT2D eigenvalue weighted by molar-refractivity contribution is -0.139. The third-order valence-corrected chi connectivity index (χ3v) is 4.47. The van der Waals surface area contributed by atoms with Gasteiger partial charge < -0.3 is 14.5 Å². The number of ether oxygens (including phenoxy) is 1. The molecule has 2 heterocycles. The lowest BCUT2D eigenvalue weighted by atomic mass is 10.1. The fraction of sp³-hybridized carbons (Fsp3) is 0.529. The molecule has 1 atom stereocenters. The van der Waals surface area contributed by atoms with Crippen LogP contribution in [-0.4, -0.2) is 61.0 Å². The topological polar surface area (TPSA) is 49.9 Å². The molecular formula is C17H21FN2O3. The van der Waals surface area contributed by atoms with Gasteiger partial charge in [-0.3, -0.25) is 9.59 Å². The van der Waals surface area contributed by atoms with Crippen LogP contribution in [0.15, 0.2) is 24.3 Å². The number of amides is 2. The Morgan fingerprint density at radius 3 is 2.61 bits per heavy atom. The summed E-state index contributed by atoms with van der Waals surface area (Å²) in [5.41, 5.74) is 0.988. The Morgan fingerprint density at radius 2 is 1.91 bits per heavy atom. The maximum Gasteiger partial charge on any atom is 0.228 e. The van der Waals surface area contributed by atoms with Crippen molar-refractivity contribution in [3.05, 3.63) is 35.6 Å². The fourth-order valence-corrected chi connectivity index (χ4v) is 3.11. The van der Waals surface area contributed by atoms with E-state index in [1.165, 1.54) is 12.1 Å². The molecule has 124 valence electrons. The van der Waals surface area contributed by atoms with E-state index < -0.39 is 0 Å². The van der Waals surface area contributed by atoms with Crippen molar-refractivity contribution in [3.8, 4) is 0 Å². The summed E-state index contributed by atoms with van der Waals surface area (Å²) in [4.78, 5) is 28.1. The van der Waals surface area contributed by atoms with E-state index in [-0.39, 0.29) is 23.5 Å². The van der Waals surface area contributed by atoms with Crippen LogP contribution < -0.4 is 0 Å². The van der Waals surface area contributed by atoms with Gasteiger partial charge in [-0.25, -0.2) is 4.39 Å². The van der Waals surface area contributed by atoms with Crippen LogP contribution in [0, 0.1) is 11.7 Å². The molecule has 1 unspecified atom stereocenters. The number of carbonyl (C=O) groups is 2. The van der Waals surface area contributed by atoms with Gasteiger partial charge in [0.05, 0.1) is 19.1 Å². The van der Waals surface area contributed by atoms with Crippen LogP contribution in [0.3, 0.4) is 0 Å². The first-order chi connectivity index (χ1) is 11.1. The van der Waals surface area contributed by atoms with Crippen molar-refractivity contribution in [2.24, 2.45) is 5.92 Å². The van der Waals surface area contributed by atoms with E-state index >= 15 is 0 Å². The zero-order chi connectivity index (χ0) is 16.2. The van der Waals surface area contributed by atoms with Gasteiger partial charge in [-0.15, -0.1) is 0 Å². The highest BCUT2D eigenvalue weighted by molar-refractivity contribution is 5.89. The first-order valence-corrected chi connectivity index (χ1v) is 8.02. The van der Waals surface area contributed by atoms with Gasteiger partial charge in [-0.1, -0.05) is 12.1 Å². The molecule has 1 aromatic rings. The van der Waals surface area contributed by atoms with Gasteiger partial charge in [0.15, 0.2) is 0 Å². The van der Waals surface area contributed by atoms with Crippen molar-refractivity contribution in [1.82, 2.24) is 9.80 Å². The fourth-order valence-electron chi connectivity index (χ4n) is 3.11. The molecule has 2 aliphatic rings. The second-order valence-electron chi connectivity index (χ2n) is 6.05. The number of rotatable bonds is 4. The lowest BCUT2D eigenvalue weighted by Gasteiger charge is -2.29. The molecule has 2 saturated heterocycles. The SMILES string of the molecule is O=C1CC(C(=O)N2CCOCC2)CN1CCc1ccc(F)cc1. The summed E-state index contributed by atoms with van der Waals surface area (Å²) in [5, 5.41) is 0. The predicted octanol–water partition coefficient (Wildman–Crippen LogP) is 1.08. The number of carbonyl (C=O) groups excluding carboxylic acids is 2. The highest BCUT2D eigenvalue weighted by atomic mass is 19.1. The minimum Gasteiger partial charge on any atom is -0.378 e. The normalized spacial score (nSPS) is 21.8. The van der Waals surface area contributed by atoms with E-state index in [0.717, 1.165) is 5.56 Å². The summed E-state index contributed by atoms with van der Waals surface area (Å²) >= 11 is 0. The average molecular weight is 320 g/mol. The van der Waals surface area contributed by atoms with Crippen LogP contribution >= 0.6 is 0 Å². The molecular weight excluding hydrogens is 299 g/mol. The van der Waals surface area contributed by atoms with E-state index in [4.69, 9.17) is 4.74 Å². The summed E-state index contributed by atoms with van der Waals surface area (Å²) in [6.07, 6.45) is 0.962. The van der Waals surface area contributed by atoms with Gasteiger partial charge in [0.2, 0.25) is 11.8 Å². The quantitative estimate of drug-likeness (QED) is 0.834. The van der Waals surface area contributed by atoms with Crippen LogP contribution in [0.2, 0.25) is 0 Å². The second kappa shape index (κ2) is 7.08. The van der Waals surface area contributed by atoms with Crippen molar-refractivity contribution in [2.75, 3.05) is 39.4 Å². The van der Waals surface area contributed by atoms with Crippen LogP contribution in [0.25, 0.3) is 0 Å². The van der Waals surface area contributed by atoms with Crippen LogP contribution in [-0.2, 0) is 20.7 Å². The molecule has 1 aromatic carbocycles. The van der Waals surface area contributed by atoms with Gasteiger partial charge in [0.25, 0.3) is 0 Å². The number of hydrogen-bond acceptors (Lipinski definition) is 3. The lowest BCUT2D eigenvalue weighted by Crippen LogP contribution is -2.44. The van der Waals surface area contributed by atoms with Crippen molar-refractivity contribution in [1.29, 1.82) is 0 Å². The highest BCUT2D eigenvalue weighted by Crippen LogP contribution is 2.21. The molecule has 2 amide bonds. The van der Waals surface area contributed by atoms with E-state index in [0.29, 0.717) is 52.2 Å². The maximum atomic E-state index is 12.9. The molecule has 0 N–H and O–H groups in total. The molecule has 5 nitrogen and oxygen atoms in total. The molecule has 0 aliphatic carbocycles. The minimum absolute atomic E-state index is 0.0266. The van der Waals surface area contributed by atoms with Crippen molar-refractivity contribution >= 4 is 11.8 Å². The maximum absolute atomic E-state index is 12.9. The number of nitrogens with zero attached hydrogens (tertiary/aromatic N) is 2. The van der Waals surface area contributed by atoms with Crippen LogP contribution in [0.1, 0.15) is 12.0 Å². The molecule has 6 heteroatoms. The number of hydrogen-bond donors (Lipinski definition) is 0. The van der Waals surface area contributed by atoms with E-state index in [1.807, 2.05) is 0 Å². The number of likely N-dealkylation sites (tertiary alicyclic amines) is 1. The summed E-state index contributed by atoms with van der Waals surface area (Å²) in [7, 11) is 0. The highest BCUT2D eigenvalue weighted by Gasteiger charge is 2.36. The number of morpholine rings is 1. The van der Waals surface area contributed by atoms with Gasteiger partial charge in [-0.2, -0.15) is 0 Å². The summed E-state index contributed by atoms with van der Waals surface area (Å²) in [5.74, 6) is -0.416. The molecule has 0 aromatic heterocycles. The van der Waals surface area contributed by atoms with Crippen molar-refractivity contribution < 1.29 is 18.7 Å². The Hall–Kier alpha value is -1.95. The Morgan fingerprint density at radius 1 is 1.22 bits per heavy atom. The van der Waals surface area contributed by atoms with E-state index in [9.17, 15) is 14.0 Å². The molecule has 2 fully saturated rings. The third-order valence-electron chi connectivity index (χ3n) is 4.47. The standard InChI is InChI=1S/C17H21FN2O3/c18-15-3-1-13(2-4-15)5-6-20-12-14(11-16(20)21)17(22)19-7-9-23-10-8-19/h1-4,14H,5-12H2. The van der Waals surface area contributed by atoms with Gasteiger partial charge >= 0.3 is 0 Å². The summed E-state index contributed by atoms with van der Waals surface area (Å²) < 4.78 is 18.1. The molecule has 0 spiro atoms. The van der Waals surface area contributed by atoms with Crippen LogP contribution in [0.4, 0.5) is 4.39 Å². The third kappa shape index (κ3) is 3.88. The Labute approximate surface area is 135 Å². The number of benzene rings is 1. The largest absolute Gasteiger partial charge is 0.378 e.